The van der Waals surface area contributed by atoms with Gasteiger partial charge in [0.1, 0.15) is 17.3 Å². The molecule has 0 aliphatic heterocycles. The summed E-state index contributed by atoms with van der Waals surface area (Å²) in [6.07, 6.45) is 0.971. The first-order chi connectivity index (χ1) is 9.63. The van der Waals surface area contributed by atoms with Crippen molar-refractivity contribution in [3.63, 3.8) is 0 Å². The van der Waals surface area contributed by atoms with Crippen LogP contribution < -0.4 is 4.74 Å². The standard InChI is InChI=1S/C16H20ClNO2.HI/c1-13-4-7-16(20-13)12-18(2)10-3-11-19-15-8-5-14(17)6-9-15;/h4-9H,3,10-12H2,1-2H3;1H. The second-order valence-corrected chi connectivity index (χ2v) is 5.34. The number of aryl methyl sites for hydroxylation is 1. The molecule has 1 heterocycles. The summed E-state index contributed by atoms with van der Waals surface area (Å²) in [6.45, 7) is 4.45. The van der Waals surface area contributed by atoms with E-state index in [4.69, 9.17) is 20.8 Å². The van der Waals surface area contributed by atoms with Gasteiger partial charge in [-0.15, -0.1) is 24.0 Å². The third-order valence-corrected chi connectivity index (χ3v) is 3.24. The van der Waals surface area contributed by atoms with Crippen molar-refractivity contribution in [2.24, 2.45) is 0 Å². The van der Waals surface area contributed by atoms with E-state index >= 15 is 0 Å². The van der Waals surface area contributed by atoms with Gasteiger partial charge in [0.05, 0.1) is 13.2 Å². The SMILES string of the molecule is Cc1ccc(CN(C)CCCOc2ccc(Cl)cc2)o1.I. The molecule has 0 radical (unpaired) electrons. The molecular formula is C16H21ClINO2. The van der Waals surface area contributed by atoms with E-state index in [1.165, 1.54) is 0 Å². The number of nitrogens with zero attached hydrogens (tertiary/aromatic N) is 1. The van der Waals surface area contributed by atoms with Crippen LogP contribution in [0.3, 0.4) is 0 Å². The number of benzene rings is 1. The third-order valence-electron chi connectivity index (χ3n) is 2.99. The number of halogens is 2. The van der Waals surface area contributed by atoms with Crippen molar-refractivity contribution < 1.29 is 9.15 Å². The Morgan fingerprint density at radius 2 is 1.86 bits per heavy atom. The molecule has 1 aromatic carbocycles. The van der Waals surface area contributed by atoms with Crippen molar-refractivity contribution in [3.05, 3.63) is 52.9 Å². The molecule has 0 fully saturated rings. The molecule has 0 aliphatic rings. The van der Waals surface area contributed by atoms with Crippen LogP contribution in [-0.4, -0.2) is 25.1 Å². The molecule has 0 spiro atoms. The smallest absolute Gasteiger partial charge is 0.119 e. The molecule has 2 aromatic rings. The summed E-state index contributed by atoms with van der Waals surface area (Å²) in [5, 5.41) is 0.728. The largest absolute Gasteiger partial charge is 0.494 e. The first-order valence-electron chi connectivity index (χ1n) is 6.76. The highest BCUT2D eigenvalue weighted by Crippen LogP contribution is 2.15. The van der Waals surface area contributed by atoms with Crippen LogP contribution >= 0.6 is 35.6 Å². The molecule has 0 amide bonds. The molecule has 1 aromatic heterocycles. The third kappa shape index (κ3) is 6.72. The van der Waals surface area contributed by atoms with Gasteiger partial charge in [-0.25, -0.2) is 0 Å². The second-order valence-electron chi connectivity index (χ2n) is 4.91. The summed E-state index contributed by atoms with van der Waals surface area (Å²) in [7, 11) is 2.08. The van der Waals surface area contributed by atoms with Gasteiger partial charge in [0.2, 0.25) is 0 Å². The number of furan rings is 1. The molecule has 0 saturated heterocycles. The molecule has 2 rings (SSSR count). The van der Waals surface area contributed by atoms with Gasteiger partial charge in [0.15, 0.2) is 0 Å². The van der Waals surface area contributed by atoms with Gasteiger partial charge in [-0.05, 0) is 56.8 Å². The molecular weight excluding hydrogens is 401 g/mol. The Bertz CT molecular complexity index is 527. The molecule has 0 aliphatic carbocycles. The van der Waals surface area contributed by atoms with E-state index in [0.29, 0.717) is 6.61 Å². The molecule has 0 atom stereocenters. The summed E-state index contributed by atoms with van der Waals surface area (Å²) < 4.78 is 11.2. The average molecular weight is 422 g/mol. The summed E-state index contributed by atoms with van der Waals surface area (Å²) >= 11 is 5.82. The minimum atomic E-state index is 0. The van der Waals surface area contributed by atoms with Crippen LogP contribution in [0, 0.1) is 6.92 Å². The van der Waals surface area contributed by atoms with E-state index in [9.17, 15) is 0 Å². The number of hydrogen-bond donors (Lipinski definition) is 0. The number of rotatable bonds is 7. The highest BCUT2D eigenvalue weighted by Gasteiger charge is 2.04. The summed E-state index contributed by atoms with van der Waals surface area (Å²) in [6, 6.07) is 11.5. The van der Waals surface area contributed by atoms with Crippen LogP contribution in [0.1, 0.15) is 17.9 Å². The average Bonchev–Trinajstić information content (AvgIpc) is 2.82. The van der Waals surface area contributed by atoms with E-state index in [-0.39, 0.29) is 24.0 Å². The van der Waals surface area contributed by atoms with Crippen molar-refractivity contribution in [2.45, 2.75) is 19.9 Å². The monoisotopic (exact) mass is 421 g/mol. The van der Waals surface area contributed by atoms with E-state index in [0.717, 1.165) is 41.8 Å². The van der Waals surface area contributed by atoms with Crippen LogP contribution in [0.25, 0.3) is 0 Å². The van der Waals surface area contributed by atoms with Crippen molar-refractivity contribution in [1.82, 2.24) is 4.90 Å². The van der Waals surface area contributed by atoms with Gasteiger partial charge >= 0.3 is 0 Å². The lowest BCUT2D eigenvalue weighted by Crippen LogP contribution is -2.20. The van der Waals surface area contributed by atoms with Crippen LogP contribution in [0.15, 0.2) is 40.8 Å². The van der Waals surface area contributed by atoms with Crippen molar-refractivity contribution in [1.29, 1.82) is 0 Å². The predicted molar refractivity (Wildman–Crippen MR) is 96.8 cm³/mol. The minimum absolute atomic E-state index is 0. The van der Waals surface area contributed by atoms with Crippen LogP contribution in [-0.2, 0) is 6.54 Å². The van der Waals surface area contributed by atoms with E-state index in [1.807, 2.05) is 43.3 Å². The van der Waals surface area contributed by atoms with E-state index in [1.54, 1.807) is 0 Å². The maximum Gasteiger partial charge on any atom is 0.119 e. The Morgan fingerprint density at radius 3 is 2.48 bits per heavy atom. The highest BCUT2D eigenvalue weighted by atomic mass is 127. The lowest BCUT2D eigenvalue weighted by atomic mass is 10.3. The quantitative estimate of drug-likeness (QED) is 0.476. The van der Waals surface area contributed by atoms with Crippen LogP contribution in [0.4, 0.5) is 0 Å². The zero-order chi connectivity index (χ0) is 14.4. The first-order valence-corrected chi connectivity index (χ1v) is 7.13. The molecule has 0 unspecified atom stereocenters. The predicted octanol–water partition coefficient (Wildman–Crippen LogP) is 4.76. The lowest BCUT2D eigenvalue weighted by molar-refractivity contribution is 0.246. The van der Waals surface area contributed by atoms with Gasteiger partial charge in [-0.1, -0.05) is 11.6 Å². The van der Waals surface area contributed by atoms with Gasteiger partial charge in [-0.3, -0.25) is 4.90 Å². The van der Waals surface area contributed by atoms with Crippen LogP contribution in [0.2, 0.25) is 5.02 Å². The molecule has 0 saturated carbocycles. The summed E-state index contributed by atoms with van der Waals surface area (Å²) in [4.78, 5) is 2.23. The zero-order valence-electron chi connectivity index (χ0n) is 12.3. The first kappa shape index (κ1) is 18.3. The van der Waals surface area contributed by atoms with Gasteiger partial charge in [0.25, 0.3) is 0 Å². The number of hydrogen-bond acceptors (Lipinski definition) is 3. The second kappa shape index (κ2) is 9.33. The van der Waals surface area contributed by atoms with Gasteiger partial charge in [-0.2, -0.15) is 0 Å². The lowest BCUT2D eigenvalue weighted by Gasteiger charge is -2.15. The Labute approximate surface area is 148 Å². The maximum absolute atomic E-state index is 5.82. The molecule has 116 valence electrons. The summed E-state index contributed by atoms with van der Waals surface area (Å²) in [5.74, 6) is 2.82. The summed E-state index contributed by atoms with van der Waals surface area (Å²) in [5.41, 5.74) is 0. The minimum Gasteiger partial charge on any atom is -0.494 e. The number of ether oxygens (including phenoxy) is 1. The van der Waals surface area contributed by atoms with Crippen LogP contribution in [0.5, 0.6) is 5.75 Å². The molecule has 5 heteroatoms. The Balaban J connectivity index is 0.00000220. The fourth-order valence-corrected chi connectivity index (χ4v) is 2.10. The fourth-order valence-electron chi connectivity index (χ4n) is 1.97. The normalized spacial score (nSPS) is 10.5. The van der Waals surface area contributed by atoms with E-state index < -0.39 is 0 Å². The topological polar surface area (TPSA) is 25.6 Å². The molecule has 3 nitrogen and oxygen atoms in total. The Hall–Kier alpha value is -0.720. The van der Waals surface area contributed by atoms with Gasteiger partial charge < -0.3 is 9.15 Å². The zero-order valence-corrected chi connectivity index (χ0v) is 15.4. The Kier molecular flexibility index (Phi) is 8.14. The highest BCUT2D eigenvalue weighted by molar-refractivity contribution is 14.0. The van der Waals surface area contributed by atoms with Crippen molar-refractivity contribution in [3.8, 4) is 5.75 Å². The van der Waals surface area contributed by atoms with Gasteiger partial charge in [0, 0.05) is 11.6 Å². The van der Waals surface area contributed by atoms with E-state index in [2.05, 4.69) is 11.9 Å². The van der Waals surface area contributed by atoms with Crippen molar-refractivity contribution >= 4 is 35.6 Å². The molecule has 0 N–H and O–H groups in total. The Morgan fingerprint density at radius 1 is 1.14 bits per heavy atom. The molecule has 21 heavy (non-hydrogen) atoms. The van der Waals surface area contributed by atoms with Crippen molar-refractivity contribution in [2.75, 3.05) is 20.2 Å². The maximum atomic E-state index is 5.82. The molecule has 0 bridgehead atoms. The fraction of sp³-hybridized carbons (Fsp3) is 0.375.